The van der Waals surface area contributed by atoms with Gasteiger partial charge in [0.25, 0.3) is 5.91 Å². The standard InChI is InChI=1S/C48H72N6O12/c1-47(2,3)41(52-46(59)66-31-30-65-29-28-64-27-26-63-25-24-62-23-22-60-7)43(56)50-39(32-35-14-10-9-11-15-35)40(55)34-54(53-44(57)42(48(4,5)6)51-45(58)61-8)33-36-17-19-37(20-18-36)38-16-12-13-21-49-38/h9-21,39-42,55H,22-34H2,1-8H3,(H,50,56)(H,51,58)(H,52,59)(H,53,57)/t39-,40-,41+,42+/m0/s1/i1D3,2D3,3D3,4D3,5D3,6D3. The van der Waals surface area contributed by atoms with Crippen molar-refractivity contribution in [2.24, 2.45) is 10.8 Å². The Morgan fingerprint density at radius 1 is 0.652 bits per heavy atom. The highest BCUT2D eigenvalue weighted by atomic mass is 16.6. The van der Waals surface area contributed by atoms with Gasteiger partial charge in [-0.15, -0.1) is 0 Å². The van der Waals surface area contributed by atoms with Gasteiger partial charge >= 0.3 is 12.2 Å². The smallest absolute Gasteiger partial charge is 0.407 e. The molecule has 0 saturated heterocycles. The van der Waals surface area contributed by atoms with Crippen molar-refractivity contribution in [3.05, 3.63) is 90.1 Å². The van der Waals surface area contributed by atoms with E-state index in [2.05, 4.69) is 20.5 Å². The molecule has 0 unspecified atom stereocenters. The molecule has 2 aromatic carbocycles. The van der Waals surface area contributed by atoms with E-state index in [9.17, 15) is 24.3 Å². The SMILES string of the molecule is [2H]C([2H])([2H])C([C@H](NC(=O)OC)C(=O)NN(Cc1ccc(-c2ccccn2)cc1)C[C@H](O)[C@H](Cc1ccccc1)NC(=O)[C@@H](NC(=O)OCCOCCOCCOCCOCCOC)C(C([2H])([2H])[2H])(C([2H])([2H])[2H])C([2H])([2H])[2H])(C([2H])([2H])[2H])C([2H])([2H])[2H]. The fourth-order valence-electron chi connectivity index (χ4n) is 5.85. The molecule has 0 aliphatic carbocycles. The number of rotatable bonds is 29. The van der Waals surface area contributed by atoms with Crippen LogP contribution in [0.4, 0.5) is 9.59 Å². The molecular weight excluding hydrogens is 853 g/mol. The molecule has 5 N–H and O–H groups in total. The summed E-state index contributed by atoms with van der Waals surface area (Å²) in [6.07, 6.45) is -4.37. The van der Waals surface area contributed by atoms with Crippen molar-refractivity contribution in [3.8, 4) is 11.3 Å². The largest absolute Gasteiger partial charge is 0.453 e. The highest BCUT2D eigenvalue weighted by Gasteiger charge is 2.37. The molecular formula is C48H72N6O12. The summed E-state index contributed by atoms with van der Waals surface area (Å²) >= 11 is 0. The monoisotopic (exact) mass is 943 g/mol. The molecule has 18 nitrogen and oxygen atoms in total. The number of aliphatic hydroxyl groups is 1. The predicted molar refractivity (Wildman–Crippen MR) is 248 cm³/mol. The first-order valence-corrected chi connectivity index (χ1v) is 20.7. The minimum atomic E-state index is -4.13. The molecule has 0 radical (unpaired) electrons. The number of hydrazine groups is 1. The van der Waals surface area contributed by atoms with Crippen LogP contribution in [0.5, 0.6) is 0 Å². The van der Waals surface area contributed by atoms with Crippen LogP contribution in [0.15, 0.2) is 79.0 Å². The number of methoxy groups -OCH3 is 2. The Hall–Kier alpha value is -5.21. The van der Waals surface area contributed by atoms with E-state index in [-0.39, 0.29) is 38.6 Å². The molecule has 0 fully saturated rings. The van der Waals surface area contributed by atoms with Gasteiger partial charge in [-0.05, 0) is 40.5 Å². The van der Waals surface area contributed by atoms with Gasteiger partial charge < -0.3 is 54.2 Å². The number of nitrogens with one attached hydrogen (secondary N) is 4. The number of aromatic nitrogens is 1. The van der Waals surface area contributed by atoms with E-state index in [1.165, 1.54) is 42.6 Å². The number of hydrogen-bond acceptors (Lipinski definition) is 14. The maximum absolute atomic E-state index is 14.9. The van der Waals surface area contributed by atoms with Crippen LogP contribution in [0.25, 0.3) is 11.3 Å². The lowest BCUT2D eigenvalue weighted by atomic mass is 9.85. The first-order chi connectivity index (χ1) is 39.0. The number of alkyl carbamates (subject to hydrolysis) is 2. The number of hydrogen-bond donors (Lipinski definition) is 5. The minimum Gasteiger partial charge on any atom is -0.453 e. The predicted octanol–water partition coefficient (Wildman–Crippen LogP) is 4.29. The Kier molecular flexibility index (Phi) is 14.8. The minimum absolute atomic E-state index is 0.0284. The molecule has 0 spiro atoms. The van der Waals surface area contributed by atoms with Crippen molar-refractivity contribution in [1.82, 2.24) is 31.4 Å². The average Bonchev–Trinajstić information content (AvgIpc) is 1.18. The van der Waals surface area contributed by atoms with Gasteiger partial charge in [0.15, 0.2) is 0 Å². The van der Waals surface area contributed by atoms with Gasteiger partial charge in [0, 0.05) is 56.6 Å². The fraction of sp³-hybridized carbons (Fsp3) is 0.562. The lowest BCUT2D eigenvalue weighted by molar-refractivity contribution is -0.132. The summed E-state index contributed by atoms with van der Waals surface area (Å²) in [6, 6.07) is 11.0. The van der Waals surface area contributed by atoms with Crippen LogP contribution in [0, 0.1) is 10.8 Å². The van der Waals surface area contributed by atoms with E-state index < -0.39 is 126 Å². The quantitative estimate of drug-likeness (QED) is 0.0485. The zero-order chi connectivity index (χ0) is 63.4. The molecule has 366 valence electrons. The van der Waals surface area contributed by atoms with Gasteiger partial charge in [-0.3, -0.25) is 20.0 Å². The highest BCUT2D eigenvalue weighted by Crippen LogP contribution is 2.23. The zero-order valence-corrected chi connectivity index (χ0v) is 36.8. The van der Waals surface area contributed by atoms with Gasteiger partial charge in [0.1, 0.15) is 18.7 Å². The zero-order valence-electron chi connectivity index (χ0n) is 54.8. The van der Waals surface area contributed by atoms with Crippen molar-refractivity contribution < 1.29 is 82.1 Å². The van der Waals surface area contributed by atoms with Crippen LogP contribution in [0.1, 0.15) is 76.9 Å². The Balaban J connectivity index is 2.11. The third-order valence-corrected chi connectivity index (χ3v) is 9.16. The molecule has 4 amide bonds. The summed E-state index contributed by atoms with van der Waals surface area (Å²) in [5.74, 6) is -3.59. The number of ether oxygens (including phenoxy) is 7. The van der Waals surface area contributed by atoms with E-state index >= 15 is 0 Å². The van der Waals surface area contributed by atoms with Crippen molar-refractivity contribution in [3.63, 3.8) is 0 Å². The number of carbonyl (C=O) groups excluding carboxylic acids is 4. The molecule has 66 heavy (non-hydrogen) atoms. The summed E-state index contributed by atoms with van der Waals surface area (Å²) in [7, 11) is 2.30. The maximum atomic E-state index is 14.9. The Morgan fingerprint density at radius 3 is 1.74 bits per heavy atom. The van der Waals surface area contributed by atoms with Crippen LogP contribution in [-0.2, 0) is 55.7 Å². The molecule has 1 heterocycles. The molecule has 3 rings (SSSR count). The second kappa shape index (κ2) is 29.4. The van der Waals surface area contributed by atoms with Gasteiger partial charge in [-0.25, -0.2) is 14.6 Å². The Bertz CT molecular complexity index is 2420. The second-order valence-corrected chi connectivity index (χ2v) is 14.5. The van der Waals surface area contributed by atoms with Crippen molar-refractivity contribution in [2.75, 3.05) is 86.8 Å². The normalized spacial score (nSPS) is 18.7. The maximum Gasteiger partial charge on any atom is 0.407 e. The number of nitrogens with zero attached hydrogens (tertiary/aromatic N) is 2. The molecule has 18 heteroatoms. The molecule has 0 saturated carbocycles. The summed E-state index contributed by atoms with van der Waals surface area (Å²) < 4.78 is 186. The number of aliphatic hydroxyl groups excluding tert-OH is 1. The summed E-state index contributed by atoms with van der Waals surface area (Å²) in [4.78, 5) is 60.3. The lowest BCUT2D eigenvalue weighted by Crippen LogP contribution is -2.61. The van der Waals surface area contributed by atoms with Crippen LogP contribution >= 0.6 is 0 Å². The molecule has 1 aromatic heterocycles. The van der Waals surface area contributed by atoms with E-state index in [0.717, 1.165) is 12.1 Å². The topological polar surface area (TPSA) is 217 Å². The van der Waals surface area contributed by atoms with Crippen molar-refractivity contribution in [2.45, 2.75) is 78.3 Å². The first kappa shape index (κ1) is 33.3. The summed E-state index contributed by atoms with van der Waals surface area (Å²) in [5.41, 5.74) is -4.30. The molecule has 3 aromatic rings. The fourth-order valence-corrected chi connectivity index (χ4v) is 5.85. The summed E-state index contributed by atoms with van der Waals surface area (Å²) in [5, 5.41) is 19.0. The first-order valence-electron chi connectivity index (χ1n) is 29.7. The van der Waals surface area contributed by atoms with Crippen LogP contribution in [0.2, 0.25) is 0 Å². The number of pyridine rings is 1. The van der Waals surface area contributed by atoms with E-state index in [1.54, 1.807) is 48.8 Å². The van der Waals surface area contributed by atoms with Crippen molar-refractivity contribution >= 4 is 24.0 Å². The summed E-state index contributed by atoms with van der Waals surface area (Å²) in [6.45, 7) is -25.1. The van der Waals surface area contributed by atoms with Crippen LogP contribution < -0.4 is 21.4 Å². The van der Waals surface area contributed by atoms with Gasteiger partial charge in [0.2, 0.25) is 5.91 Å². The average molecular weight is 943 g/mol. The Labute approximate surface area is 415 Å². The van der Waals surface area contributed by atoms with E-state index in [4.69, 9.17) is 53.1 Å². The van der Waals surface area contributed by atoms with E-state index in [0.29, 0.717) is 43.2 Å². The third kappa shape index (κ3) is 21.4. The molecule has 4 atom stereocenters. The Morgan fingerprint density at radius 2 is 1.20 bits per heavy atom. The number of amides is 4. The molecule has 0 aliphatic heterocycles. The van der Waals surface area contributed by atoms with Gasteiger partial charge in [-0.1, -0.05) is 102 Å². The second-order valence-electron chi connectivity index (χ2n) is 14.5. The van der Waals surface area contributed by atoms with Crippen LogP contribution in [0.3, 0.4) is 0 Å². The lowest BCUT2D eigenvalue weighted by Gasteiger charge is -2.35. The molecule has 0 aliphatic rings. The third-order valence-electron chi connectivity index (χ3n) is 9.16. The van der Waals surface area contributed by atoms with Crippen LogP contribution in [-0.4, -0.2) is 150 Å². The number of carbonyl (C=O) groups is 4. The molecule has 0 bridgehead atoms. The number of benzene rings is 2. The van der Waals surface area contributed by atoms with Crippen molar-refractivity contribution in [1.29, 1.82) is 0 Å². The van der Waals surface area contributed by atoms with Gasteiger partial charge in [0.05, 0.1) is 84.4 Å². The van der Waals surface area contributed by atoms with E-state index in [1.807, 2.05) is 5.32 Å². The van der Waals surface area contributed by atoms with Gasteiger partial charge in [-0.2, -0.15) is 0 Å². The highest BCUT2D eigenvalue weighted by molar-refractivity contribution is 5.87.